The molecule has 1 heterocycles. The average Bonchev–Trinajstić information content (AvgIpc) is 2.69. The summed E-state index contributed by atoms with van der Waals surface area (Å²) in [4.78, 5) is 22.3. The molecule has 16 heavy (non-hydrogen) atoms. The number of ether oxygens (including phenoxy) is 1. The molecule has 0 aromatic heterocycles. The normalized spacial score (nSPS) is 21.7. The van der Waals surface area contributed by atoms with Crippen LogP contribution in [0.4, 0.5) is 0 Å². The van der Waals surface area contributed by atoms with Crippen LogP contribution in [0.5, 0.6) is 0 Å². The minimum Gasteiger partial charge on any atom is -0.480 e. The molecule has 0 aromatic rings. The third-order valence-electron chi connectivity index (χ3n) is 2.60. The van der Waals surface area contributed by atoms with E-state index in [1.54, 1.807) is 0 Å². The third kappa shape index (κ3) is 4.16. The highest BCUT2D eigenvalue weighted by molar-refractivity contribution is 5.83. The van der Waals surface area contributed by atoms with Crippen molar-refractivity contribution in [3.05, 3.63) is 0 Å². The standard InChI is InChI=1S/C10H18N2O4/c1-16-6-8(10(14)15)12-9(13)4-7-2-3-11-5-7/h7-8,11H,2-6H2,1H3,(H,12,13)(H,14,15). The van der Waals surface area contributed by atoms with Gasteiger partial charge in [-0.25, -0.2) is 4.79 Å². The molecule has 1 aliphatic rings. The van der Waals surface area contributed by atoms with Gasteiger partial charge in [-0.2, -0.15) is 0 Å². The Hall–Kier alpha value is -1.14. The number of rotatable bonds is 6. The zero-order valence-corrected chi connectivity index (χ0v) is 9.36. The summed E-state index contributed by atoms with van der Waals surface area (Å²) in [6.45, 7) is 1.75. The lowest BCUT2D eigenvalue weighted by Crippen LogP contribution is -2.44. The van der Waals surface area contributed by atoms with E-state index in [4.69, 9.17) is 9.84 Å². The van der Waals surface area contributed by atoms with Crippen molar-refractivity contribution < 1.29 is 19.4 Å². The lowest BCUT2D eigenvalue weighted by molar-refractivity contribution is -0.143. The van der Waals surface area contributed by atoms with E-state index in [9.17, 15) is 9.59 Å². The largest absolute Gasteiger partial charge is 0.480 e. The SMILES string of the molecule is COCC(NC(=O)CC1CCNC1)C(=O)O. The number of hydrogen-bond acceptors (Lipinski definition) is 4. The molecule has 2 unspecified atom stereocenters. The van der Waals surface area contributed by atoms with Crippen LogP contribution in [-0.4, -0.2) is 49.8 Å². The molecule has 3 N–H and O–H groups in total. The van der Waals surface area contributed by atoms with Crippen molar-refractivity contribution in [2.75, 3.05) is 26.8 Å². The molecule has 1 rings (SSSR count). The Kier molecular flexibility index (Phi) is 5.21. The monoisotopic (exact) mass is 230 g/mol. The second-order valence-corrected chi connectivity index (χ2v) is 3.98. The molecule has 0 saturated carbocycles. The minimum absolute atomic E-state index is 0.00993. The van der Waals surface area contributed by atoms with E-state index in [0.717, 1.165) is 19.5 Å². The van der Waals surface area contributed by atoms with Crippen LogP contribution >= 0.6 is 0 Å². The van der Waals surface area contributed by atoms with Crippen molar-refractivity contribution in [1.82, 2.24) is 10.6 Å². The summed E-state index contributed by atoms with van der Waals surface area (Å²) in [5.74, 6) is -0.977. The first-order valence-corrected chi connectivity index (χ1v) is 5.35. The number of carboxylic acid groups (broad SMARTS) is 1. The Labute approximate surface area is 94.3 Å². The van der Waals surface area contributed by atoms with Crippen LogP contribution in [-0.2, 0) is 14.3 Å². The van der Waals surface area contributed by atoms with E-state index in [1.165, 1.54) is 7.11 Å². The molecule has 0 aliphatic carbocycles. The fourth-order valence-electron chi connectivity index (χ4n) is 1.75. The Morgan fingerprint density at radius 3 is 2.88 bits per heavy atom. The van der Waals surface area contributed by atoms with E-state index in [0.29, 0.717) is 12.3 Å². The van der Waals surface area contributed by atoms with Gasteiger partial charge in [-0.1, -0.05) is 0 Å². The topological polar surface area (TPSA) is 87.7 Å². The number of carbonyl (C=O) groups is 2. The van der Waals surface area contributed by atoms with Crippen LogP contribution in [0.25, 0.3) is 0 Å². The van der Waals surface area contributed by atoms with E-state index >= 15 is 0 Å². The second-order valence-electron chi connectivity index (χ2n) is 3.98. The van der Waals surface area contributed by atoms with Crippen molar-refractivity contribution in [1.29, 1.82) is 0 Å². The highest BCUT2D eigenvalue weighted by Gasteiger charge is 2.23. The summed E-state index contributed by atoms with van der Waals surface area (Å²) in [5, 5.41) is 14.4. The van der Waals surface area contributed by atoms with Crippen molar-refractivity contribution in [3.63, 3.8) is 0 Å². The van der Waals surface area contributed by atoms with Gasteiger partial charge in [0.1, 0.15) is 0 Å². The van der Waals surface area contributed by atoms with Gasteiger partial charge in [-0.15, -0.1) is 0 Å². The molecule has 6 heteroatoms. The van der Waals surface area contributed by atoms with Crippen LogP contribution in [0.2, 0.25) is 0 Å². The summed E-state index contributed by atoms with van der Waals surface area (Å²) in [5.41, 5.74) is 0. The van der Waals surface area contributed by atoms with Gasteiger partial charge < -0.3 is 20.5 Å². The van der Waals surface area contributed by atoms with Gasteiger partial charge in [0.05, 0.1) is 6.61 Å². The molecule has 1 aliphatic heterocycles. The van der Waals surface area contributed by atoms with Gasteiger partial charge in [0, 0.05) is 13.5 Å². The molecule has 1 fully saturated rings. The first-order chi connectivity index (χ1) is 7.63. The maximum Gasteiger partial charge on any atom is 0.328 e. The number of carbonyl (C=O) groups excluding carboxylic acids is 1. The van der Waals surface area contributed by atoms with Gasteiger partial charge >= 0.3 is 5.97 Å². The Morgan fingerprint density at radius 2 is 2.38 bits per heavy atom. The van der Waals surface area contributed by atoms with Crippen LogP contribution in [0, 0.1) is 5.92 Å². The number of carboxylic acids is 1. The number of amides is 1. The van der Waals surface area contributed by atoms with Crippen LogP contribution in [0.3, 0.4) is 0 Å². The van der Waals surface area contributed by atoms with Gasteiger partial charge in [0.2, 0.25) is 5.91 Å². The molecule has 0 bridgehead atoms. The summed E-state index contributed by atoms with van der Waals surface area (Å²) in [7, 11) is 1.41. The van der Waals surface area contributed by atoms with Crippen molar-refractivity contribution in [2.24, 2.45) is 5.92 Å². The van der Waals surface area contributed by atoms with E-state index in [2.05, 4.69) is 10.6 Å². The third-order valence-corrected chi connectivity index (χ3v) is 2.60. The number of hydrogen-bond donors (Lipinski definition) is 3. The molecule has 0 aromatic carbocycles. The number of nitrogens with one attached hydrogen (secondary N) is 2. The smallest absolute Gasteiger partial charge is 0.328 e. The quantitative estimate of drug-likeness (QED) is 0.556. The molecule has 0 spiro atoms. The maximum absolute atomic E-state index is 11.5. The average molecular weight is 230 g/mol. The molecular weight excluding hydrogens is 212 g/mol. The molecular formula is C10H18N2O4. The summed E-state index contributed by atoms with van der Waals surface area (Å²) in [6.07, 6.45) is 1.34. The molecule has 1 saturated heterocycles. The van der Waals surface area contributed by atoms with Gasteiger partial charge in [-0.05, 0) is 25.4 Å². The first kappa shape index (κ1) is 12.9. The van der Waals surface area contributed by atoms with Gasteiger partial charge in [0.25, 0.3) is 0 Å². The lowest BCUT2D eigenvalue weighted by Gasteiger charge is -2.15. The van der Waals surface area contributed by atoms with Crippen molar-refractivity contribution >= 4 is 11.9 Å². The predicted molar refractivity (Wildman–Crippen MR) is 57.0 cm³/mol. The summed E-state index contributed by atoms with van der Waals surface area (Å²) in [6, 6.07) is -0.952. The van der Waals surface area contributed by atoms with Crippen LogP contribution in [0.15, 0.2) is 0 Å². The molecule has 2 atom stereocenters. The van der Waals surface area contributed by atoms with Crippen molar-refractivity contribution in [3.8, 4) is 0 Å². The number of aliphatic carboxylic acids is 1. The minimum atomic E-state index is -1.07. The van der Waals surface area contributed by atoms with Crippen molar-refractivity contribution in [2.45, 2.75) is 18.9 Å². The highest BCUT2D eigenvalue weighted by atomic mass is 16.5. The van der Waals surface area contributed by atoms with Crippen LogP contribution < -0.4 is 10.6 Å². The van der Waals surface area contributed by atoms with Crippen LogP contribution in [0.1, 0.15) is 12.8 Å². The van der Waals surface area contributed by atoms with E-state index in [-0.39, 0.29) is 12.5 Å². The lowest BCUT2D eigenvalue weighted by atomic mass is 10.0. The highest BCUT2D eigenvalue weighted by Crippen LogP contribution is 2.11. The van der Waals surface area contributed by atoms with Gasteiger partial charge in [-0.3, -0.25) is 4.79 Å². The maximum atomic E-state index is 11.5. The molecule has 6 nitrogen and oxygen atoms in total. The van der Waals surface area contributed by atoms with E-state index < -0.39 is 12.0 Å². The summed E-state index contributed by atoms with van der Waals surface area (Å²) < 4.78 is 4.73. The zero-order valence-electron chi connectivity index (χ0n) is 9.36. The Bertz CT molecular complexity index is 251. The second kappa shape index (κ2) is 6.44. The van der Waals surface area contributed by atoms with E-state index in [1.807, 2.05) is 0 Å². The molecule has 1 amide bonds. The molecule has 0 radical (unpaired) electrons. The first-order valence-electron chi connectivity index (χ1n) is 5.35. The van der Waals surface area contributed by atoms with Gasteiger partial charge in [0.15, 0.2) is 6.04 Å². The predicted octanol–water partition coefficient (Wildman–Crippen LogP) is -0.798. The zero-order chi connectivity index (χ0) is 12.0. The summed E-state index contributed by atoms with van der Waals surface area (Å²) >= 11 is 0. The molecule has 92 valence electrons. The number of methoxy groups -OCH3 is 1. The Balaban J connectivity index is 2.32. The Morgan fingerprint density at radius 1 is 1.62 bits per heavy atom. The fraction of sp³-hybridized carbons (Fsp3) is 0.800. The fourth-order valence-corrected chi connectivity index (χ4v) is 1.75.